The average molecular weight is 322 g/mol. The first-order valence-corrected chi connectivity index (χ1v) is 7.14. The number of rotatable bonds is 3. The van der Waals surface area contributed by atoms with Crippen LogP contribution in [0, 0.1) is 3.57 Å². The van der Waals surface area contributed by atoms with Gasteiger partial charge in [-0.05, 0) is 45.9 Å². The van der Waals surface area contributed by atoms with E-state index in [1.165, 1.54) is 6.26 Å². The standard InChI is InChI=1S/C10H11IO2S/c1-8(7-14(2,12)13)9-3-5-10(11)6-4-9/h3-6H,1,7H2,2H3. The third kappa shape index (κ3) is 3.79. The summed E-state index contributed by atoms with van der Waals surface area (Å²) in [6.45, 7) is 3.76. The highest BCUT2D eigenvalue weighted by molar-refractivity contribution is 14.1. The molecule has 76 valence electrons. The number of benzene rings is 1. The van der Waals surface area contributed by atoms with E-state index in [0.29, 0.717) is 5.57 Å². The van der Waals surface area contributed by atoms with Gasteiger partial charge in [0.1, 0.15) is 0 Å². The van der Waals surface area contributed by atoms with Crippen molar-refractivity contribution in [2.24, 2.45) is 0 Å². The molecule has 1 rings (SSSR count). The molecule has 14 heavy (non-hydrogen) atoms. The van der Waals surface area contributed by atoms with Crippen LogP contribution >= 0.6 is 22.6 Å². The maximum Gasteiger partial charge on any atom is 0.151 e. The van der Waals surface area contributed by atoms with E-state index in [1.54, 1.807) is 0 Å². The Kier molecular flexibility index (Phi) is 3.71. The van der Waals surface area contributed by atoms with Crippen LogP contribution in [-0.2, 0) is 9.84 Å². The number of hydrogen-bond acceptors (Lipinski definition) is 2. The number of halogens is 1. The fourth-order valence-electron chi connectivity index (χ4n) is 1.09. The zero-order valence-corrected chi connectivity index (χ0v) is 10.8. The van der Waals surface area contributed by atoms with Crippen molar-refractivity contribution >= 4 is 38.0 Å². The van der Waals surface area contributed by atoms with Gasteiger partial charge in [0.15, 0.2) is 9.84 Å². The lowest BCUT2D eigenvalue weighted by atomic mass is 10.1. The highest BCUT2D eigenvalue weighted by Gasteiger charge is 2.06. The molecule has 0 spiro atoms. The van der Waals surface area contributed by atoms with Crippen molar-refractivity contribution in [2.75, 3.05) is 12.0 Å². The average Bonchev–Trinajstić information content (AvgIpc) is 2.02. The minimum atomic E-state index is -2.98. The molecule has 0 heterocycles. The van der Waals surface area contributed by atoms with Crippen LogP contribution in [0.25, 0.3) is 5.57 Å². The molecular formula is C10H11IO2S. The minimum absolute atomic E-state index is 0.0214. The molecule has 0 atom stereocenters. The smallest absolute Gasteiger partial charge is 0.151 e. The van der Waals surface area contributed by atoms with Crippen LogP contribution in [0.15, 0.2) is 30.8 Å². The van der Waals surface area contributed by atoms with Crippen LogP contribution in [0.3, 0.4) is 0 Å². The Morgan fingerprint density at radius 3 is 2.29 bits per heavy atom. The first-order chi connectivity index (χ1) is 6.38. The molecule has 0 aliphatic rings. The quantitative estimate of drug-likeness (QED) is 0.801. The molecule has 0 aliphatic heterocycles. The number of hydrogen-bond donors (Lipinski definition) is 0. The third-order valence-corrected chi connectivity index (χ3v) is 3.28. The van der Waals surface area contributed by atoms with Crippen LogP contribution in [0.1, 0.15) is 5.56 Å². The molecule has 0 aromatic heterocycles. The van der Waals surface area contributed by atoms with Crippen LogP contribution < -0.4 is 0 Å². The maximum atomic E-state index is 11.0. The summed E-state index contributed by atoms with van der Waals surface area (Å²) in [4.78, 5) is 0. The lowest BCUT2D eigenvalue weighted by Gasteiger charge is -2.04. The van der Waals surface area contributed by atoms with Gasteiger partial charge in [0, 0.05) is 9.83 Å². The minimum Gasteiger partial charge on any atom is -0.229 e. The van der Waals surface area contributed by atoms with E-state index in [1.807, 2.05) is 24.3 Å². The molecule has 0 unspecified atom stereocenters. The van der Waals surface area contributed by atoms with Gasteiger partial charge in [-0.3, -0.25) is 0 Å². The fraction of sp³-hybridized carbons (Fsp3) is 0.200. The second kappa shape index (κ2) is 4.44. The normalized spacial score (nSPS) is 11.3. The van der Waals surface area contributed by atoms with E-state index >= 15 is 0 Å². The highest BCUT2D eigenvalue weighted by atomic mass is 127. The van der Waals surface area contributed by atoms with E-state index in [9.17, 15) is 8.42 Å². The van der Waals surface area contributed by atoms with Crippen LogP contribution in [0.2, 0.25) is 0 Å². The van der Waals surface area contributed by atoms with Gasteiger partial charge in [-0.1, -0.05) is 18.7 Å². The third-order valence-electron chi connectivity index (χ3n) is 1.69. The molecule has 4 heteroatoms. The molecular weight excluding hydrogens is 311 g/mol. The molecule has 0 saturated carbocycles. The Morgan fingerprint density at radius 1 is 1.36 bits per heavy atom. The van der Waals surface area contributed by atoms with Gasteiger partial charge < -0.3 is 0 Å². The molecule has 0 saturated heterocycles. The summed E-state index contributed by atoms with van der Waals surface area (Å²) >= 11 is 2.20. The van der Waals surface area contributed by atoms with Gasteiger partial charge >= 0.3 is 0 Å². The summed E-state index contributed by atoms with van der Waals surface area (Å²) < 4.78 is 23.2. The van der Waals surface area contributed by atoms with Crippen molar-refractivity contribution in [1.82, 2.24) is 0 Å². The van der Waals surface area contributed by atoms with Gasteiger partial charge in [-0.2, -0.15) is 0 Å². The summed E-state index contributed by atoms with van der Waals surface area (Å²) in [5, 5.41) is 0. The van der Waals surface area contributed by atoms with E-state index < -0.39 is 9.84 Å². The molecule has 0 bridgehead atoms. The second-order valence-corrected chi connectivity index (χ2v) is 6.57. The first kappa shape index (κ1) is 11.7. The number of sulfone groups is 1. The predicted octanol–water partition coefficient (Wildman–Crippen LogP) is 2.35. The van der Waals surface area contributed by atoms with Gasteiger partial charge in [0.05, 0.1) is 5.75 Å². The Morgan fingerprint density at radius 2 is 1.86 bits per heavy atom. The van der Waals surface area contributed by atoms with Crippen LogP contribution in [-0.4, -0.2) is 20.4 Å². The molecule has 1 aromatic rings. The Balaban J connectivity index is 2.86. The fourth-order valence-corrected chi connectivity index (χ4v) is 2.24. The van der Waals surface area contributed by atoms with Crippen LogP contribution in [0.5, 0.6) is 0 Å². The van der Waals surface area contributed by atoms with Gasteiger partial charge in [0.25, 0.3) is 0 Å². The summed E-state index contributed by atoms with van der Waals surface area (Å²) in [7, 11) is -2.98. The molecule has 0 fully saturated rings. The topological polar surface area (TPSA) is 34.1 Å². The van der Waals surface area contributed by atoms with Crippen molar-refractivity contribution in [3.63, 3.8) is 0 Å². The van der Waals surface area contributed by atoms with Gasteiger partial charge in [-0.15, -0.1) is 0 Å². The van der Waals surface area contributed by atoms with Crippen molar-refractivity contribution in [3.8, 4) is 0 Å². The van der Waals surface area contributed by atoms with Crippen molar-refractivity contribution in [2.45, 2.75) is 0 Å². The molecule has 0 radical (unpaired) electrons. The van der Waals surface area contributed by atoms with E-state index in [-0.39, 0.29) is 5.75 Å². The zero-order valence-electron chi connectivity index (χ0n) is 7.83. The van der Waals surface area contributed by atoms with E-state index in [4.69, 9.17) is 0 Å². The molecule has 2 nitrogen and oxygen atoms in total. The summed E-state index contributed by atoms with van der Waals surface area (Å²) in [6, 6.07) is 7.64. The Labute approximate surface area is 98.1 Å². The van der Waals surface area contributed by atoms with E-state index in [2.05, 4.69) is 29.2 Å². The predicted molar refractivity (Wildman–Crippen MR) is 67.9 cm³/mol. The zero-order chi connectivity index (χ0) is 10.8. The second-order valence-electron chi connectivity index (χ2n) is 3.18. The van der Waals surface area contributed by atoms with Crippen molar-refractivity contribution in [3.05, 3.63) is 40.0 Å². The lowest BCUT2D eigenvalue weighted by molar-refractivity contribution is 0.605. The first-order valence-electron chi connectivity index (χ1n) is 4.00. The van der Waals surface area contributed by atoms with Crippen molar-refractivity contribution < 1.29 is 8.42 Å². The largest absolute Gasteiger partial charge is 0.229 e. The molecule has 0 aliphatic carbocycles. The van der Waals surface area contributed by atoms with E-state index in [0.717, 1.165) is 9.13 Å². The van der Waals surface area contributed by atoms with Gasteiger partial charge in [0.2, 0.25) is 0 Å². The van der Waals surface area contributed by atoms with Crippen molar-refractivity contribution in [1.29, 1.82) is 0 Å². The summed E-state index contributed by atoms with van der Waals surface area (Å²) in [5.41, 5.74) is 1.53. The Bertz CT molecular complexity index is 432. The Hall–Kier alpha value is -0.360. The summed E-state index contributed by atoms with van der Waals surface area (Å²) in [5.74, 6) is 0.0214. The maximum absolute atomic E-state index is 11.0. The van der Waals surface area contributed by atoms with Gasteiger partial charge in [-0.25, -0.2) is 8.42 Å². The molecule has 0 amide bonds. The monoisotopic (exact) mass is 322 g/mol. The highest BCUT2D eigenvalue weighted by Crippen LogP contribution is 2.15. The molecule has 1 aromatic carbocycles. The molecule has 0 N–H and O–H groups in total. The lowest BCUT2D eigenvalue weighted by Crippen LogP contribution is -2.04. The summed E-state index contributed by atoms with van der Waals surface area (Å²) in [6.07, 6.45) is 1.21. The van der Waals surface area contributed by atoms with Crippen LogP contribution in [0.4, 0.5) is 0 Å². The SMILES string of the molecule is C=C(CS(C)(=O)=O)c1ccc(I)cc1.